The van der Waals surface area contributed by atoms with Crippen molar-refractivity contribution in [1.82, 2.24) is 24.1 Å². The maximum Gasteiger partial charge on any atom is 0.416 e. The number of nitrogens with one attached hydrogen (secondary N) is 2. The van der Waals surface area contributed by atoms with Gasteiger partial charge in [0, 0.05) is 44.1 Å². The number of hydrogen-bond acceptors (Lipinski definition) is 9. The number of anilines is 3. The molecule has 0 radical (unpaired) electrons. The topological polar surface area (TPSA) is 157 Å². The van der Waals surface area contributed by atoms with Crippen molar-refractivity contribution in [2.75, 3.05) is 54.9 Å². The number of fused-ring (bicyclic) bond motifs is 1. The molecule has 1 saturated heterocycles. The number of aliphatic hydroxyl groups is 1. The molecule has 2 aromatic carbocycles. The molecule has 18 heteroatoms. The number of aromatic nitrogens is 4. The molecule has 0 spiro atoms. The average molecular weight is 651 g/mol. The smallest absolute Gasteiger partial charge is 0.416 e. The second-order valence-electron chi connectivity index (χ2n) is 10.3. The van der Waals surface area contributed by atoms with Gasteiger partial charge in [0.2, 0.25) is 23.5 Å². The van der Waals surface area contributed by atoms with Crippen molar-refractivity contribution >= 4 is 34.9 Å². The predicted octanol–water partition coefficient (Wildman–Crippen LogP) is 2.21. The molecule has 5 rings (SSSR count). The number of aliphatic hydroxyl groups excluding tert-OH is 1. The highest BCUT2D eigenvalue weighted by atomic mass is 19.4. The van der Waals surface area contributed by atoms with Gasteiger partial charge < -0.3 is 35.2 Å². The fourth-order valence-electron chi connectivity index (χ4n) is 5.05. The van der Waals surface area contributed by atoms with Gasteiger partial charge in [0.25, 0.3) is 11.5 Å². The molecule has 2 amide bonds. The molecule has 0 bridgehead atoms. The predicted molar refractivity (Wildman–Crippen MR) is 154 cm³/mol. The number of phenolic OH excluding ortho intramolecular Hbond substituents is 1. The van der Waals surface area contributed by atoms with Crippen molar-refractivity contribution in [1.29, 1.82) is 0 Å². The number of amides is 2. The molecule has 4 N–H and O–H groups in total. The third-order valence-electron chi connectivity index (χ3n) is 7.35. The van der Waals surface area contributed by atoms with E-state index in [-0.39, 0.29) is 62.4 Å². The molecule has 46 heavy (non-hydrogen) atoms. The summed E-state index contributed by atoms with van der Waals surface area (Å²) in [6.07, 6.45) is -4.55. The van der Waals surface area contributed by atoms with Crippen LogP contribution in [0.15, 0.2) is 41.2 Å². The van der Waals surface area contributed by atoms with Gasteiger partial charge in [-0.1, -0.05) is 0 Å². The number of piperazine rings is 1. The van der Waals surface area contributed by atoms with Crippen LogP contribution in [0.2, 0.25) is 0 Å². The van der Waals surface area contributed by atoms with Crippen molar-refractivity contribution < 1.29 is 41.8 Å². The van der Waals surface area contributed by atoms with Gasteiger partial charge in [-0.3, -0.25) is 14.4 Å². The summed E-state index contributed by atoms with van der Waals surface area (Å²) in [7, 11) is 0. The van der Waals surface area contributed by atoms with Crippen LogP contribution in [0.5, 0.6) is 5.75 Å². The quantitative estimate of drug-likeness (QED) is 0.210. The highest BCUT2D eigenvalue weighted by Gasteiger charge is 2.31. The SMILES string of the molecule is Cc1c(N2CCN(C(=O)c3ccc(F)c(F)c3O)CC2)c(=O)n2nc(NCCO)nc2n1CC(=O)Nc1ccc(C(F)(F)F)cc1. The van der Waals surface area contributed by atoms with E-state index in [9.17, 15) is 46.5 Å². The summed E-state index contributed by atoms with van der Waals surface area (Å²) in [6, 6.07) is 5.57. The minimum absolute atomic E-state index is 0.0126. The van der Waals surface area contributed by atoms with Crippen molar-refractivity contribution in [3.8, 4) is 5.75 Å². The van der Waals surface area contributed by atoms with Crippen molar-refractivity contribution in [2.45, 2.75) is 19.6 Å². The van der Waals surface area contributed by atoms with E-state index < -0.39 is 58.6 Å². The van der Waals surface area contributed by atoms with E-state index in [4.69, 9.17) is 0 Å². The maximum absolute atomic E-state index is 13.9. The van der Waals surface area contributed by atoms with Crippen LogP contribution in [0.1, 0.15) is 21.6 Å². The van der Waals surface area contributed by atoms with Crippen LogP contribution < -0.4 is 21.1 Å². The van der Waals surface area contributed by atoms with Gasteiger partial charge in [0.05, 0.1) is 17.7 Å². The number of halogens is 5. The molecular formula is C28H27F5N8O5. The van der Waals surface area contributed by atoms with Gasteiger partial charge >= 0.3 is 6.18 Å². The van der Waals surface area contributed by atoms with E-state index in [2.05, 4.69) is 20.7 Å². The van der Waals surface area contributed by atoms with Gasteiger partial charge in [-0.2, -0.15) is 27.1 Å². The van der Waals surface area contributed by atoms with Crippen LogP contribution in [0.3, 0.4) is 0 Å². The lowest BCUT2D eigenvalue weighted by Crippen LogP contribution is -2.50. The first-order chi connectivity index (χ1) is 21.8. The van der Waals surface area contributed by atoms with Crippen molar-refractivity contribution in [3.63, 3.8) is 0 Å². The van der Waals surface area contributed by atoms with Crippen LogP contribution in [0.25, 0.3) is 5.78 Å². The minimum Gasteiger partial charge on any atom is -0.504 e. The zero-order valence-corrected chi connectivity index (χ0v) is 24.1. The van der Waals surface area contributed by atoms with E-state index in [0.717, 1.165) is 40.9 Å². The number of carbonyl (C=O) groups is 2. The van der Waals surface area contributed by atoms with Crippen LogP contribution in [0.4, 0.5) is 39.3 Å². The molecule has 2 aromatic heterocycles. The summed E-state index contributed by atoms with van der Waals surface area (Å²) in [5.41, 5.74) is -1.39. The number of phenols is 1. The Morgan fingerprint density at radius 2 is 1.70 bits per heavy atom. The second kappa shape index (κ2) is 12.6. The number of hydrogen-bond donors (Lipinski definition) is 4. The fourth-order valence-corrected chi connectivity index (χ4v) is 5.05. The zero-order chi connectivity index (χ0) is 33.3. The minimum atomic E-state index is -4.55. The van der Waals surface area contributed by atoms with E-state index in [1.807, 2.05) is 0 Å². The fraction of sp³-hybridized carbons (Fsp3) is 0.321. The monoisotopic (exact) mass is 650 g/mol. The number of rotatable bonds is 8. The zero-order valence-electron chi connectivity index (χ0n) is 24.1. The first kappa shape index (κ1) is 32.1. The average Bonchev–Trinajstić information content (AvgIpc) is 3.45. The van der Waals surface area contributed by atoms with Gasteiger partial charge in [-0.05, 0) is 43.3 Å². The second-order valence-corrected chi connectivity index (χ2v) is 10.3. The summed E-state index contributed by atoms with van der Waals surface area (Å²) < 4.78 is 68.5. The molecular weight excluding hydrogens is 623 g/mol. The Hall–Kier alpha value is -5.26. The Labute approximate surface area is 256 Å². The Balaban J connectivity index is 1.42. The van der Waals surface area contributed by atoms with E-state index >= 15 is 0 Å². The maximum atomic E-state index is 13.9. The molecule has 1 fully saturated rings. The first-order valence-electron chi connectivity index (χ1n) is 13.8. The van der Waals surface area contributed by atoms with Gasteiger partial charge in [0.15, 0.2) is 11.6 Å². The van der Waals surface area contributed by atoms with Gasteiger partial charge in [0.1, 0.15) is 12.2 Å². The third-order valence-corrected chi connectivity index (χ3v) is 7.35. The standard InChI is InChI=1S/C28H27F5N8O5/c1-15-22(38-9-11-39(12-10-38)24(45)18-6-7-19(29)21(30)23(18)44)25(46)41-27(36-26(37-41)34-8-13-42)40(15)14-20(43)35-17-4-2-16(3-5-17)28(31,32)33/h2-7,42,44H,8-14H2,1H3,(H,34,37)(H,35,43). The number of aromatic hydroxyl groups is 1. The molecule has 3 heterocycles. The Kier molecular flexibility index (Phi) is 8.82. The van der Waals surface area contributed by atoms with E-state index in [0.29, 0.717) is 5.69 Å². The third kappa shape index (κ3) is 6.28. The molecule has 0 unspecified atom stereocenters. The number of benzene rings is 2. The van der Waals surface area contributed by atoms with Crippen LogP contribution >= 0.6 is 0 Å². The Bertz CT molecular complexity index is 1850. The lowest BCUT2D eigenvalue weighted by Gasteiger charge is -2.36. The normalized spacial score (nSPS) is 13.7. The molecule has 1 aliphatic heterocycles. The Morgan fingerprint density at radius 3 is 2.33 bits per heavy atom. The largest absolute Gasteiger partial charge is 0.504 e. The molecule has 13 nitrogen and oxygen atoms in total. The summed E-state index contributed by atoms with van der Waals surface area (Å²) in [4.78, 5) is 46.9. The molecule has 244 valence electrons. The van der Waals surface area contributed by atoms with Crippen molar-refractivity contribution in [3.05, 3.63) is 75.2 Å². The van der Waals surface area contributed by atoms with E-state index in [1.165, 1.54) is 9.47 Å². The highest BCUT2D eigenvalue weighted by Crippen LogP contribution is 2.30. The summed E-state index contributed by atoms with van der Waals surface area (Å²) in [5, 5.41) is 28.6. The number of carbonyl (C=O) groups excluding carboxylic acids is 2. The highest BCUT2D eigenvalue weighted by molar-refractivity contribution is 5.97. The summed E-state index contributed by atoms with van der Waals surface area (Å²) >= 11 is 0. The molecule has 0 atom stereocenters. The Morgan fingerprint density at radius 1 is 1.02 bits per heavy atom. The molecule has 0 saturated carbocycles. The van der Waals surface area contributed by atoms with Crippen LogP contribution in [-0.4, -0.2) is 85.4 Å². The van der Waals surface area contributed by atoms with Gasteiger partial charge in [-0.15, -0.1) is 5.10 Å². The van der Waals surface area contributed by atoms with Crippen LogP contribution in [0, 0.1) is 18.6 Å². The molecule has 0 aliphatic carbocycles. The molecule has 4 aromatic rings. The van der Waals surface area contributed by atoms with Crippen molar-refractivity contribution in [2.24, 2.45) is 0 Å². The number of alkyl halides is 3. The lowest BCUT2D eigenvalue weighted by atomic mass is 10.1. The first-order valence-corrected chi connectivity index (χ1v) is 13.8. The summed E-state index contributed by atoms with van der Waals surface area (Å²) in [5.74, 6) is -5.39. The van der Waals surface area contributed by atoms with Crippen LogP contribution in [-0.2, 0) is 17.5 Å². The van der Waals surface area contributed by atoms with Gasteiger partial charge in [-0.25, -0.2) is 4.39 Å². The van der Waals surface area contributed by atoms with E-state index in [1.54, 1.807) is 11.8 Å². The summed E-state index contributed by atoms with van der Waals surface area (Å²) in [6.45, 7) is 1.20. The number of nitrogens with zero attached hydrogens (tertiary/aromatic N) is 6. The molecule has 1 aliphatic rings. The lowest BCUT2D eigenvalue weighted by molar-refractivity contribution is -0.137.